The van der Waals surface area contributed by atoms with E-state index in [1.807, 2.05) is 18.2 Å². The van der Waals surface area contributed by atoms with Crippen LogP contribution >= 0.6 is 0 Å². The molecule has 0 aliphatic carbocycles. The molecule has 2 aromatic carbocycles. The second-order valence-corrected chi connectivity index (χ2v) is 5.22. The second-order valence-electron chi connectivity index (χ2n) is 5.22. The van der Waals surface area contributed by atoms with Gasteiger partial charge in [-0.05, 0) is 42.5 Å². The zero-order valence-corrected chi connectivity index (χ0v) is 12.0. The van der Waals surface area contributed by atoms with E-state index in [0.717, 1.165) is 10.8 Å². The number of nitrogens with zero attached hydrogens (tertiary/aromatic N) is 1. The summed E-state index contributed by atoms with van der Waals surface area (Å²) in [6.07, 6.45) is 1.63. The lowest BCUT2D eigenvalue weighted by atomic mass is 10.1. The van der Waals surface area contributed by atoms with E-state index >= 15 is 0 Å². The van der Waals surface area contributed by atoms with Gasteiger partial charge in [0.15, 0.2) is 0 Å². The number of hydrogen-bond acceptors (Lipinski definition) is 3. The van der Waals surface area contributed by atoms with Crippen LogP contribution in [0.1, 0.15) is 0 Å². The predicted octanol–water partition coefficient (Wildman–Crippen LogP) is 3.96. The van der Waals surface area contributed by atoms with Crippen LogP contribution in [0.3, 0.4) is 0 Å². The van der Waals surface area contributed by atoms with Crippen LogP contribution in [0.25, 0.3) is 21.8 Å². The lowest BCUT2D eigenvalue weighted by Crippen LogP contribution is -2.07. The van der Waals surface area contributed by atoms with E-state index < -0.39 is 0 Å². The number of para-hydroxylation sites is 1. The molecule has 112 valence electrons. The van der Waals surface area contributed by atoms with Gasteiger partial charge >= 0.3 is 0 Å². The van der Waals surface area contributed by atoms with E-state index in [0.29, 0.717) is 22.4 Å². The molecular formula is C18H12FN3O. The quantitative estimate of drug-likeness (QED) is 0.551. The van der Waals surface area contributed by atoms with Crippen molar-refractivity contribution in [2.24, 2.45) is 0 Å². The van der Waals surface area contributed by atoms with E-state index in [2.05, 4.69) is 15.3 Å². The first-order valence-corrected chi connectivity index (χ1v) is 7.15. The average Bonchev–Trinajstić information content (AvgIpc) is 2.57. The Labute approximate surface area is 130 Å². The Morgan fingerprint density at radius 1 is 0.957 bits per heavy atom. The van der Waals surface area contributed by atoms with Crippen molar-refractivity contribution in [1.29, 1.82) is 0 Å². The van der Waals surface area contributed by atoms with Gasteiger partial charge in [0.05, 0.1) is 5.69 Å². The molecule has 2 aromatic heterocycles. The van der Waals surface area contributed by atoms with Crippen LogP contribution in [0.2, 0.25) is 0 Å². The molecule has 0 spiro atoms. The Morgan fingerprint density at radius 3 is 2.70 bits per heavy atom. The minimum Gasteiger partial charge on any atom is -0.353 e. The van der Waals surface area contributed by atoms with Crippen LogP contribution < -0.4 is 10.9 Å². The van der Waals surface area contributed by atoms with Gasteiger partial charge in [0.2, 0.25) is 0 Å². The van der Waals surface area contributed by atoms with Gasteiger partial charge in [-0.2, -0.15) is 0 Å². The second kappa shape index (κ2) is 5.21. The first-order valence-electron chi connectivity index (χ1n) is 7.15. The zero-order chi connectivity index (χ0) is 15.8. The molecule has 23 heavy (non-hydrogen) atoms. The van der Waals surface area contributed by atoms with Crippen LogP contribution in [0.15, 0.2) is 65.6 Å². The van der Waals surface area contributed by atoms with Crippen LogP contribution in [0, 0.1) is 5.82 Å². The van der Waals surface area contributed by atoms with Crippen molar-refractivity contribution in [3.8, 4) is 0 Å². The fourth-order valence-electron chi connectivity index (χ4n) is 2.66. The minimum atomic E-state index is -0.329. The smallest absolute Gasteiger partial charge is 0.257 e. The standard InChI is InChI=1S/C18H12FN3O/c19-15-5-1-2-6-16(15)21-11-7-8-13-14(10-11)12-4-3-9-20-17(12)22-18(13)23/h1-10,21H,(H,20,22,23). The summed E-state index contributed by atoms with van der Waals surface area (Å²) in [5.74, 6) is -0.329. The highest BCUT2D eigenvalue weighted by molar-refractivity contribution is 6.05. The summed E-state index contributed by atoms with van der Waals surface area (Å²) in [6.45, 7) is 0. The van der Waals surface area contributed by atoms with E-state index in [9.17, 15) is 9.18 Å². The molecule has 0 unspecified atom stereocenters. The van der Waals surface area contributed by atoms with Gasteiger partial charge < -0.3 is 10.3 Å². The fraction of sp³-hybridized carbons (Fsp3) is 0. The number of fused-ring (bicyclic) bond motifs is 3. The number of aromatic nitrogens is 2. The molecule has 2 N–H and O–H groups in total. The van der Waals surface area contributed by atoms with E-state index in [4.69, 9.17) is 0 Å². The summed E-state index contributed by atoms with van der Waals surface area (Å²) in [4.78, 5) is 19.1. The maximum absolute atomic E-state index is 13.8. The maximum atomic E-state index is 13.8. The van der Waals surface area contributed by atoms with Crippen LogP contribution in [0.5, 0.6) is 0 Å². The molecule has 0 aliphatic rings. The number of halogens is 1. The van der Waals surface area contributed by atoms with Crippen molar-refractivity contribution in [3.05, 3.63) is 77.0 Å². The van der Waals surface area contributed by atoms with Crippen LogP contribution in [0.4, 0.5) is 15.8 Å². The average molecular weight is 305 g/mol. The fourth-order valence-corrected chi connectivity index (χ4v) is 2.66. The summed E-state index contributed by atoms with van der Waals surface area (Å²) in [5.41, 5.74) is 1.44. The third-order valence-electron chi connectivity index (χ3n) is 3.75. The maximum Gasteiger partial charge on any atom is 0.257 e. The monoisotopic (exact) mass is 305 g/mol. The molecular weight excluding hydrogens is 293 g/mol. The Balaban J connectivity index is 1.92. The van der Waals surface area contributed by atoms with Crippen molar-refractivity contribution >= 4 is 33.2 Å². The normalized spacial score (nSPS) is 11.0. The largest absolute Gasteiger partial charge is 0.353 e. The molecule has 5 heteroatoms. The van der Waals surface area contributed by atoms with Crippen molar-refractivity contribution in [2.75, 3.05) is 5.32 Å². The van der Waals surface area contributed by atoms with Crippen LogP contribution in [-0.2, 0) is 0 Å². The number of hydrogen-bond donors (Lipinski definition) is 2. The van der Waals surface area contributed by atoms with E-state index in [-0.39, 0.29) is 11.4 Å². The summed E-state index contributed by atoms with van der Waals surface area (Å²) < 4.78 is 13.8. The summed E-state index contributed by atoms with van der Waals surface area (Å²) in [5, 5.41) is 5.24. The van der Waals surface area contributed by atoms with Gasteiger partial charge in [0.1, 0.15) is 11.5 Å². The molecule has 2 heterocycles. The number of aromatic amines is 1. The van der Waals surface area contributed by atoms with Gasteiger partial charge in [-0.3, -0.25) is 4.79 Å². The van der Waals surface area contributed by atoms with Gasteiger partial charge in [-0.25, -0.2) is 9.37 Å². The Bertz CT molecular complexity index is 1090. The molecule has 4 rings (SSSR count). The third-order valence-corrected chi connectivity index (χ3v) is 3.75. The SMILES string of the molecule is O=c1[nH]c2ncccc2c2cc(Nc3ccccc3F)ccc12. The summed E-state index contributed by atoms with van der Waals surface area (Å²) in [6, 6.07) is 15.5. The molecule has 0 radical (unpaired) electrons. The molecule has 4 nitrogen and oxygen atoms in total. The van der Waals surface area contributed by atoms with Gasteiger partial charge in [0, 0.05) is 28.0 Å². The number of pyridine rings is 2. The molecule has 0 amide bonds. The minimum absolute atomic E-state index is 0.191. The van der Waals surface area contributed by atoms with E-state index in [1.165, 1.54) is 6.07 Å². The topological polar surface area (TPSA) is 57.8 Å². The molecule has 0 aliphatic heterocycles. The number of benzene rings is 2. The molecule has 0 fully saturated rings. The number of nitrogens with one attached hydrogen (secondary N) is 2. The Kier molecular flexibility index (Phi) is 3.05. The number of rotatable bonds is 2. The molecule has 4 aromatic rings. The third kappa shape index (κ3) is 2.32. The Hall–Kier alpha value is -3.21. The lowest BCUT2D eigenvalue weighted by Gasteiger charge is -2.09. The van der Waals surface area contributed by atoms with Crippen molar-refractivity contribution in [3.63, 3.8) is 0 Å². The first kappa shape index (κ1) is 13.5. The summed E-state index contributed by atoms with van der Waals surface area (Å²) >= 11 is 0. The molecule has 0 bridgehead atoms. The van der Waals surface area contributed by atoms with E-state index in [1.54, 1.807) is 36.5 Å². The molecule has 0 atom stereocenters. The highest BCUT2D eigenvalue weighted by Gasteiger charge is 2.07. The van der Waals surface area contributed by atoms with Crippen LogP contribution in [-0.4, -0.2) is 9.97 Å². The predicted molar refractivity (Wildman–Crippen MR) is 89.6 cm³/mol. The summed E-state index contributed by atoms with van der Waals surface area (Å²) in [7, 11) is 0. The number of H-pyrrole nitrogens is 1. The molecule has 0 saturated heterocycles. The van der Waals surface area contributed by atoms with Gasteiger partial charge in [-0.1, -0.05) is 12.1 Å². The lowest BCUT2D eigenvalue weighted by molar-refractivity contribution is 0.632. The highest BCUT2D eigenvalue weighted by Crippen LogP contribution is 2.26. The van der Waals surface area contributed by atoms with Crippen molar-refractivity contribution in [1.82, 2.24) is 9.97 Å². The van der Waals surface area contributed by atoms with Gasteiger partial charge in [-0.15, -0.1) is 0 Å². The molecule has 0 saturated carbocycles. The van der Waals surface area contributed by atoms with Crippen molar-refractivity contribution < 1.29 is 4.39 Å². The zero-order valence-electron chi connectivity index (χ0n) is 12.0. The van der Waals surface area contributed by atoms with Gasteiger partial charge in [0.25, 0.3) is 5.56 Å². The highest BCUT2D eigenvalue weighted by atomic mass is 19.1. The first-order chi connectivity index (χ1) is 11.2. The van der Waals surface area contributed by atoms with Crippen molar-refractivity contribution in [2.45, 2.75) is 0 Å². The Morgan fingerprint density at radius 2 is 1.83 bits per heavy atom. The number of anilines is 2.